The van der Waals surface area contributed by atoms with Gasteiger partial charge in [0, 0.05) is 13.0 Å². The predicted molar refractivity (Wildman–Crippen MR) is 92.4 cm³/mol. The fraction of sp³-hybridized carbons (Fsp3) is 0.368. The Morgan fingerprint density at radius 3 is 2.46 bits per heavy atom. The molecule has 1 unspecified atom stereocenters. The maximum Gasteiger partial charge on any atom is 0.286 e. The van der Waals surface area contributed by atoms with Crippen molar-refractivity contribution in [3.63, 3.8) is 0 Å². The minimum absolute atomic E-state index is 0.0144. The van der Waals surface area contributed by atoms with Crippen molar-refractivity contribution in [2.45, 2.75) is 32.7 Å². The van der Waals surface area contributed by atoms with Crippen LogP contribution >= 0.6 is 0 Å². The van der Waals surface area contributed by atoms with Gasteiger partial charge in [0.25, 0.3) is 5.91 Å². The standard InChI is InChI=1S/C19H24N2O3/c1-14(2)13-16(15-7-4-3-5-8-15)21-18(22)10-11-20-19(23)17-9-6-12-24-17/h3-9,12,14,16H,10-11,13H2,1-2H3,(H,20,23)(H,21,22). The molecule has 1 heterocycles. The lowest BCUT2D eigenvalue weighted by molar-refractivity contribution is -0.121. The fourth-order valence-corrected chi connectivity index (χ4v) is 2.49. The Bertz CT molecular complexity index is 636. The van der Waals surface area contributed by atoms with Gasteiger partial charge in [-0.25, -0.2) is 0 Å². The first-order chi connectivity index (χ1) is 11.6. The van der Waals surface area contributed by atoms with Crippen LogP contribution in [0.4, 0.5) is 0 Å². The van der Waals surface area contributed by atoms with Gasteiger partial charge in [0.2, 0.25) is 5.91 Å². The Kier molecular flexibility index (Phi) is 6.61. The number of amides is 2. The second kappa shape index (κ2) is 8.91. The summed E-state index contributed by atoms with van der Waals surface area (Å²) in [6.07, 6.45) is 2.54. The van der Waals surface area contributed by atoms with Crippen LogP contribution in [0.3, 0.4) is 0 Å². The van der Waals surface area contributed by atoms with Crippen molar-refractivity contribution in [1.29, 1.82) is 0 Å². The molecule has 0 bridgehead atoms. The first-order valence-electron chi connectivity index (χ1n) is 8.22. The topological polar surface area (TPSA) is 71.3 Å². The molecule has 1 atom stereocenters. The largest absolute Gasteiger partial charge is 0.459 e. The van der Waals surface area contributed by atoms with E-state index in [1.165, 1.54) is 6.26 Å². The SMILES string of the molecule is CC(C)CC(NC(=O)CCNC(=O)c1ccco1)c1ccccc1. The number of hydrogen-bond acceptors (Lipinski definition) is 3. The van der Waals surface area contributed by atoms with Gasteiger partial charge in [-0.05, 0) is 30.0 Å². The average molecular weight is 328 g/mol. The molecule has 0 saturated heterocycles. The maximum absolute atomic E-state index is 12.2. The van der Waals surface area contributed by atoms with Crippen LogP contribution in [0.2, 0.25) is 0 Å². The van der Waals surface area contributed by atoms with E-state index in [1.54, 1.807) is 12.1 Å². The zero-order chi connectivity index (χ0) is 17.4. The van der Waals surface area contributed by atoms with E-state index in [4.69, 9.17) is 4.42 Å². The van der Waals surface area contributed by atoms with E-state index in [9.17, 15) is 9.59 Å². The summed E-state index contributed by atoms with van der Waals surface area (Å²) >= 11 is 0. The maximum atomic E-state index is 12.2. The van der Waals surface area contributed by atoms with Gasteiger partial charge < -0.3 is 15.1 Å². The lowest BCUT2D eigenvalue weighted by Gasteiger charge is -2.21. The van der Waals surface area contributed by atoms with Crippen molar-refractivity contribution in [2.24, 2.45) is 5.92 Å². The molecule has 2 rings (SSSR count). The van der Waals surface area contributed by atoms with Crippen LogP contribution in [0.1, 0.15) is 48.8 Å². The average Bonchev–Trinajstić information content (AvgIpc) is 3.09. The van der Waals surface area contributed by atoms with E-state index in [-0.39, 0.29) is 36.6 Å². The normalized spacial score (nSPS) is 12.0. The zero-order valence-corrected chi connectivity index (χ0v) is 14.1. The van der Waals surface area contributed by atoms with Crippen molar-refractivity contribution in [2.75, 3.05) is 6.54 Å². The highest BCUT2D eigenvalue weighted by Gasteiger charge is 2.16. The van der Waals surface area contributed by atoms with Crippen LogP contribution in [-0.4, -0.2) is 18.4 Å². The molecule has 5 heteroatoms. The second-order valence-corrected chi connectivity index (χ2v) is 6.14. The van der Waals surface area contributed by atoms with Crippen LogP contribution in [0.25, 0.3) is 0 Å². The van der Waals surface area contributed by atoms with Crippen LogP contribution in [0.15, 0.2) is 53.1 Å². The summed E-state index contributed by atoms with van der Waals surface area (Å²) in [5.41, 5.74) is 1.10. The predicted octanol–water partition coefficient (Wildman–Crippen LogP) is 3.30. The molecule has 2 aromatic rings. The third-order valence-corrected chi connectivity index (χ3v) is 3.63. The van der Waals surface area contributed by atoms with Gasteiger partial charge in [0.15, 0.2) is 5.76 Å². The Balaban J connectivity index is 1.83. The van der Waals surface area contributed by atoms with Crippen molar-refractivity contribution in [1.82, 2.24) is 10.6 Å². The van der Waals surface area contributed by atoms with Gasteiger partial charge in [0.1, 0.15) is 0 Å². The van der Waals surface area contributed by atoms with Gasteiger partial charge in [-0.15, -0.1) is 0 Å². The molecular weight excluding hydrogens is 304 g/mol. The Morgan fingerprint density at radius 2 is 1.83 bits per heavy atom. The highest BCUT2D eigenvalue weighted by molar-refractivity contribution is 5.91. The minimum atomic E-state index is -0.311. The van der Waals surface area contributed by atoms with E-state index in [0.717, 1.165) is 12.0 Å². The summed E-state index contributed by atoms with van der Waals surface area (Å²) in [7, 11) is 0. The first-order valence-corrected chi connectivity index (χ1v) is 8.22. The van der Waals surface area contributed by atoms with Crippen molar-refractivity contribution >= 4 is 11.8 Å². The fourth-order valence-electron chi connectivity index (χ4n) is 2.49. The molecular formula is C19H24N2O3. The molecule has 2 N–H and O–H groups in total. The van der Waals surface area contributed by atoms with Gasteiger partial charge in [-0.3, -0.25) is 9.59 Å². The summed E-state index contributed by atoms with van der Waals surface area (Å²) < 4.78 is 5.01. The van der Waals surface area contributed by atoms with Crippen LogP contribution < -0.4 is 10.6 Å². The quantitative estimate of drug-likeness (QED) is 0.781. The Hall–Kier alpha value is -2.56. The molecule has 1 aromatic heterocycles. The molecule has 0 spiro atoms. The molecule has 24 heavy (non-hydrogen) atoms. The first kappa shape index (κ1) is 17.8. The number of furan rings is 1. The van der Waals surface area contributed by atoms with Crippen molar-refractivity contribution < 1.29 is 14.0 Å². The highest BCUT2D eigenvalue weighted by atomic mass is 16.3. The van der Waals surface area contributed by atoms with Gasteiger partial charge in [-0.2, -0.15) is 0 Å². The zero-order valence-electron chi connectivity index (χ0n) is 14.1. The molecule has 1 aromatic carbocycles. The summed E-state index contributed by atoms with van der Waals surface area (Å²) in [5.74, 6) is 0.324. The minimum Gasteiger partial charge on any atom is -0.459 e. The van der Waals surface area contributed by atoms with E-state index in [0.29, 0.717) is 5.92 Å². The summed E-state index contributed by atoms with van der Waals surface area (Å²) in [6.45, 7) is 4.53. The molecule has 0 saturated carbocycles. The van der Waals surface area contributed by atoms with Gasteiger partial charge >= 0.3 is 0 Å². The van der Waals surface area contributed by atoms with Crippen LogP contribution in [0.5, 0.6) is 0 Å². The Labute approximate surface area is 142 Å². The van der Waals surface area contributed by atoms with Crippen LogP contribution in [-0.2, 0) is 4.79 Å². The number of carbonyl (C=O) groups excluding carboxylic acids is 2. The Morgan fingerprint density at radius 1 is 1.08 bits per heavy atom. The number of carbonyl (C=O) groups is 2. The second-order valence-electron chi connectivity index (χ2n) is 6.14. The third-order valence-electron chi connectivity index (χ3n) is 3.63. The van der Waals surface area contributed by atoms with E-state index in [1.807, 2.05) is 30.3 Å². The van der Waals surface area contributed by atoms with E-state index < -0.39 is 0 Å². The van der Waals surface area contributed by atoms with E-state index in [2.05, 4.69) is 24.5 Å². The number of benzene rings is 1. The number of nitrogens with one attached hydrogen (secondary N) is 2. The smallest absolute Gasteiger partial charge is 0.286 e. The third kappa shape index (κ3) is 5.57. The number of rotatable bonds is 8. The van der Waals surface area contributed by atoms with Crippen LogP contribution in [0, 0.1) is 5.92 Å². The lowest BCUT2D eigenvalue weighted by Crippen LogP contribution is -2.33. The summed E-state index contributed by atoms with van der Waals surface area (Å²) in [6, 6.07) is 13.2. The summed E-state index contributed by atoms with van der Waals surface area (Å²) in [4.78, 5) is 23.9. The van der Waals surface area contributed by atoms with Crippen molar-refractivity contribution in [3.8, 4) is 0 Å². The van der Waals surface area contributed by atoms with Gasteiger partial charge in [-0.1, -0.05) is 44.2 Å². The molecule has 5 nitrogen and oxygen atoms in total. The molecule has 0 aliphatic rings. The molecule has 0 aliphatic heterocycles. The van der Waals surface area contributed by atoms with Gasteiger partial charge in [0.05, 0.1) is 12.3 Å². The molecule has 128 valence electrons. The lowest BCUT2D eigenvalue weighted by atomic mass is 9.97. The van der Waals surface area contributed by atoms with Crippen molar-refractivity contribution in [3.05, 3.63) is 60.1 Å². The number of hydrogen-bond donors (Lipinski definition) is 2. The van der Waals surface area contributed by atoms with E-state index >= 15 is 0 Å². The monoisotopic (exact) mass is 328 g/mol. The summed E-state index contributed by atoms with van der Waals surface area (Å²) in [5, 5.41) is 5.74. The molecule has 0 radical (unpaired) electrons. The molecule has 0 aliphatic carbocycles. The highest BCUT2D eigenvalue weighted by Crippen LogP contribution is 2.21. The molecule has 2 amide bonds. The molecule has 0 fully saturated rings.